The average molecular weight is 285 g/mol. The van der Waals surface area contributed by atoms with Gasteiger partial charge in [0.2, 0.25) is 0 Å². The first-order valence-corrected chi connectivity index (χ1v) is 6.13. The van der Waals surface area contributed by atoms with E-state index in [1.807, 2.05) is 44.2 Å². The van der Waals surface area contributed by atoms with E-state index < -0.39 is 0 Å². The quantitative estimate of drug-likeness (QED) is 0.684. The van der Waals surface area contributed by atoms with Crippen LogP contribution >= 0.6 is 25.4 Å². The summed E-state index contributed by atoms with van der Waals surface area (Å²) in [4.78, 5) is 0. The first kappa shape index (κ1) is 12.5. The Morgan fingerprint density at radius 1 is 1.13 bits per heavy atom. The molecule has 0 amide bonds. The molecule has 80 valence electrons. The lowest BCUT2D eigenvalue weighted by Gasteiger charge is -2.03. The molecule has 15 heavy (non-hydrogen) atoms. The van der Waals surface area contributed by atoms with Crippen LogP contribution in [0, 0.1) is 0 Å². The van der Waals surface area contributed by atoms with E-state index in [4.69, 9.17) is 4.52 Å². The highest BCUT2D eigenvalue weighted by Crippen LogP contribution is 2.27. The zero-order valence-electron chi connectivity index (χ0n) is 8.83. The van der Waals surface area contributed by atoms with Gasteiger partial charge >= 0.3 is 0 Å². The summed E-state index contributed by atoms with van der Waals surface area (Å²) in [5.74, 6) is 0.851. The van der Waals surface area contributed by atoms with Crippen molar-refractivity contribution < 1.29 is 4.52 Å². The van der Waals surface area contributed by atoms with Crippen molar-refractivity contribution in [3.05, 3.63) is 40.9 Å². The zero-order valence-corrected chi connectivity index (χ0v) is 11.6. The molecule has 0 radical (unpaired) electrons. The molecule has 0 aromatic heterocycles. The molecule has 0 aliphatic carbocycles. The largest absolute Gasteiger partial charge is 0.480 e. The smallest absolute Gasteiger partial charge is 0.123 e. The molecule has 0 spiro atoms. The van der Waals surface area contributed by atoms with Gasteiger partial charge in [-0.15, -0.1) is 0 Å². The second-order valence-electron chi connectivity index (χ2n) is 2.74. The van der Waals surface area contributed by atoms with E-state index in [1.165, 1.54) is 10.8 Å². The minimum atomic E-state index is 0.851. The minimum absolute atomic E-state index is 0.851. The molecule has 0 aliphatic heterocycles. The van der Waals surface area contributed by atoms with Gasteiger partial charge in [-0.2, -0.15) is 0 Å². The standard InChI is InChI=1S/C10H8BrOP.C2H6/c11-10-3-1-2-7-4-5-8(12-13)6-9(7)10;1-2/h1-6H,13H2;1-2H3. The van der Waals surface area contributed by atoms with Gasteiger partial charge in [0.25, 0.3) is 0 Å². The Bertz CT molecular complexity index is 443. The molecule has 2 aromatic carbocycles. The highest BCUT2D eigenvalue weighted by atomic mass is 79.9. The van der Waals surface area contributed by atoms with Gasteiger partial charge in [-0.25, -0.2) is 0 Å². The minimum Gasteiger partial charge on any atom is -0.480 e. The van der Waals surface area contributed by atoms with Gasteiger partial charge in [-0.3, -0.25) is 0 Å². The van der Waals surface area contributed by atoms with Gasteiger partial charge in [0.15, 0.2) is 0 Å². The first-order chi connectivity index (χ1) is 7.31. The third-order valence-corrected chi connectivity index (χ3v) is 2.90. The third-order valence-electron chi connectivity index (χ3n) is 1.94. The van der Waals surface area contributed by atoms with Crippen molar-refractivity contribution in [3.63, 3.8) is 0 Å². The van der Waals surface area contributed by atoms with Gasteiger partial charge in [0.05, 0.1) is 9.47 Å². The number of halogens is 1. The molecule has 0 saturated carbocycles. The number of hydrogen-bond donors (Lipinski definition) is 0. The molecule has 0 heterocycles. The second-order valence-corrected chi connectivity index (χ2v) is 3.83. The van der Waals surface area contributed by atoms with Crippen LogP contribution in [-0.2, 0) is 0 Å². The van der Waals surface area contributed by atoms with Crippen LogP contribution in [0.5, 0.6) is 5.75 Å². The van der Waals surface area contributed by atoms with Gasteiger partial charge in [-0.1, -0.05) is 48.0 Å². The Balaban J connectivity index is 0.000000531. The van der Waals surface area contributed by atoms with Crippen LogP contribution < -0.4 is 4.52 Å². The summed E-state index contributed by atoms with van der Waals surface area (Å²) in [5.41, 5.74) is 0. The molecule has 1 unspecified atom stereocenters. The van der Waals surface area contributed by atoms with Crippen molar-refractivity contribution in [2.45, 2.75) is 13.8 Å². The van der Waals surface area contributed by atoms with Crippen molar-refractivity contribution >= 4 is 36.2 Å². The van der Waals surface area contributed by atoms with Crippen molar-refractivity contribution in [3.8, 4) is 5.75 Å². The fourth-order valence-electron chi connectivity index (χ4n) is 1.29. The van der Waals surface area contributed by atoms with Gasteiger partial charge in [-0.05, 0) is 29.0 Å². The lowest BCUT2D eigenvalue weighted by molar-refractivity contribution is 0.647. The molecule has 0 fully saturated rings. The maximum atomic E-state index is 5.07. The Morgan fingerprint density at radius 3 is 2.53 bits per heavy atom. The molecule has 3 heteroatoms. The summed E-state index contributed by atoms with van der Waals surface area (Å²) in [6.07, 6.45) is 0. The third kappa shape index (κ3) is 2.93. The Labute approximate surface area is 101 Å². The maximum absolute atomic E-state index is 5.07. The summed E-state index contributed by atoms with van der Waals surface area (Å²) < 4.78 is 6.16. The normalized spacial score (nSPS) is 9.33. The van der Waals surface area contributed by atoms with Gasteiger partial charge < -0.3 is 4.52 Å². The predicted octanol–water partition coefficient (Wildman–Crippen LogP) is 4.80. The lowest BCUT2D eigenvalue weighted by Crippen LogP contribution is -1.77. The fraction of sp³-hybridized carbons (Fsp3) is 0.167. The molecule has 1 atom stereocenters. The number of hydrogen-bond acceptors (Lipinski definition) is 1. The fourth-order valence-corrected chi connectivity index (χ4v) is 1.93. The summed E-state index contributed by atoms with van der Waals surface area (Å²) in [7, 11) is 2.24. The van der Waals surface area contributed by atoms with Gasteiger partial charge in [0, 0.05) is 4.47 Å². The molecule has 0 bridgehead atoms. The monoisotopic (exact) mass is 284 g/mol. The van der Waals surface area contributed by atoms with Crippen molar-refractivity contribution in [1.29, 1.82) is 0 Å². The Morgan fingerprint density at radius 2 is 1.87 bits per heavy atom. The van der Waals surface area contributed by atoms with Crippen LogP contribution in [0.25, 0.3) is 10.8 Å². The van der Waals surface area contributed by atoms with Crippen LogP contribution in [0.1, 0.15) is 13.8 Å². The predicted molar refractivity (Wildman–Crippen MR) is 73.3 cm³/mol. The van der Waals surface area contributed by atoms with E-state index >= 15 is 0 Å². The summed E-state index contributed by atoms with van der Waals surface area (Å²) >= 11 is 3.50. The molecule has 0 saturated heterocycles. The number of rotatable bonds is 1. The van der Waals surface area contributed by atoms with Crippen LogP contribution in [0.2, 0.25) is 0 Å². The summed E-state index contributed by atoms with van der Waals surface area (Å²) in [6, 6.07) is 12.1. The van der Waals surface area contributed by atoms with Crippen molar-refractivity contribution in [2.75, 3.05) is 0 Å². The van der Waals surface area contributed by atoms with E-state index in [9.17, 15) is 0 Å². The lowest BCUT2D eigenvalue weighted by atomic mass is 10.1. The molecule has 0 aliphatic rings. The molecule has 2 aromatic rings. The van der Waals surface area contributed by atoms with E-state index in [1.54, 1.807) is 0 Å². The molecular weight excluding hydrogens is 271 g/mol. The summed E-state index contributed by atoms with van der Waals surface area (Å²) in [5, 5.41) is 2.38. The SMILES string of the molecule is CC.POc1ccc2cccc(Br)c2c1. The molecular formula is C12H14BrOP. The van der Waals surface area contributed by atoms with Crippen LogP contribution in [-0.4, -0.2) is 0 Å². The Kier molecular flexibility index (Phi) is 5.07. The van der Waals surface area contributed by atoms with Gasteiger partial charge in [0.1, 0.15) is 5.75 Å². The highest BCUT2D eigenvalue weighted by molar-refractivity contribution is 9.10. The Hall–Kier alpha value is -0.590. The summed E-state index contributed by atoms with van der Waals surface area (Å²) in [6.45, 7) is 4.00. The highest BCUT2D eigenvalue weighted by Gasteiger charge is 1.98. The van der Waals surface area contributed by atoms with E-state index in [0.29, 0.717) is 0 Å². The molecule has 2 rings (SSSR count). The van der Waals surface area contributed by atoms with Crippen LogP contribution in [0.3, 0.4) is 0 Å². The number of benzene rings is 2. The maximum Gasteiger partial charge on any atom is 0.123 e. The van der Waals surface area contributed by atoms with E-state index in [2.05, 4.69) is 31.5 Å². The molecule has 0 N–H and O–H groups in total. The van der Waals surface area contributed by atoms with Crippen molar-refractivity contribution in [1.82, 2.24) is 0 Å². The zero-order chi connectivity index (χ0) is 11.3. The average Bonchev–Trinajstić information content (AvgIpc) is 2.32. The molecule has 1 nitrogen and oxygen atoms in total. The number of fused-ring (bicyclic) bond motifs is 1. The first-order valence-electron chi connectivity index (χ1n) is 4.86. The second kappa shape index (κ2) is 6.09. The van der Waals surface area contributed by atoms with Crippen molar-refractivity contribution in [2.24, 2.45) is 0 Å². The van der Waals surface area contributed by atoms with Crippen LogP contribution in [0.4, 0.5) is 0 Å². The van der Waals surface area contributed by atoms with Crippen LogP contribution in [0.15, 0.2) is 40.9 Å². The topological polar surface area (TPSA) is 9.23 Å². The van der Waals surface area contributed by atoms with E-state index in [0.717, 1.165) is 10.2 Å². The van der Waals surface area contributed by atoms with E-state index in [-0.39, 0.29) is 0 Å².